The molecular weight excluding hydrogens is 256 g/mol. The molecule has 2 N–H and O–H groups in total. The van der Waals surface area contributed by atoms with Crippen molar-refractivity contribution in [2.75, 3.05) is 0 Å². The summed E-state index contributed by atoms with van der Waals surface area (Å²) in [4.78, 5) is 23.5. The maximum atomic E-state index is 11.9. The van der Waals surface area contributed by atoms with Gasteiger partial charge in [0.15, 0.2) is 11.6 Å². The Balaban J connectivity index is 2.88. The van der Waals surface area contributed by atoms with E-state index in [2.05, 4.69) is 0 Å². The van der Waals surface area contributed by atoms with Gasteiger partial charge in [-0.25, -0.2) is 0 Å². The number of aromatic hydroxyl groups is 2. The van der Waals surface area contributed by atoms with E-state index < -0.39 is 0 Å². The predicted octanol–water partition coefficient (Wildman–Crippen LogP) is 3.17. The van der Waals surface area contributed by atoms with Crippen LogP contribution in [0.2, 0.25) is 0 Å². The van der Waals surface area contributed by atoms with Gasteiger partial charge in [0.1, 0.15) is 11.5 Å². The molecule has 0 aliphatic heterocycles. The van der Waals surface area contributed by atoms with Gasteiger partial charge in [-0.1, -0.05) is 18.2 Å². The van der Waals surface area contributed by atoms with Gasteiger partial charge in [-0.3, -0.25) is 9.59 Å². The second-order valence-electron chi connectivity index (χ2n) is 4.51. The Morgan fingerprint density at radius 1 is 0.850 bits per heavy atom. The monoisotopic (exact) mass is 270 g/mol. The molecule has 20 heavy (non-hydrogen) atoms. The molecule has 102 valence electrons. The number of para-hydroxylation sites is 1. The van der Waals surface area contributed by atoms with Gasteiger partial charge in [0.2, 0.25) is 0 Å². The first-order valence-corrected chi connectivity index (χ1v) is 6.09. The molecule has 0 aliphatic carbocycles. The van der Waals surface area contributed by atoms with Crippen LogP contribution in [-0.2, 0) is 0 Å². The number of ketones is 2. The number of phenolic OH excluding ortho intramolecular Hbond substituents is 2. The van der Waals surface area contributed by atoms with E-state index >= 15 is 0 Å². The van der Waals surface area contributed by atoms with E-state index in [1.807, 2.05) is 0 Å². The predicted molar refractivity (Wildman–Crippen MR) is 75.2 cm³/mol. The van der Waals surface area contributed by atoms with Gasteiger partial charge in [-0.15, -0.1) is 0 Å². The van der Waals surface area contributed by atoms with Crippen LogP contribution in [0.15, 0.2) is 36.4 Å². The zero-order valence-corrected chi connectivity index (χ0v) is 11.2. The lowest BCUT2D eigenvalue weighted by Crippen LogP contribution is -2.06. The van der Waals surface area contributed by atoms with Crippen molar-refractivity contribution in [1.29, 1.82) is 0 Å². The number of hydrogen-bond donors (Lipinski definition) is 2. The van der Waals surface area contributed by atoms with Crippen molar-refractivity contribution in [3.8, 4) is 22.6 Å². The minimum absolute atomic E-state index is 0.0639. The standard InChI is InChI=1S/C16H14O4/c1-9(17)11-7-8-14(20)16(15(11)10(2)18)12-5-3-4-6-13(12)19/h3-8,19-20H,1-2H3. The molecule has 0 fully saturated rings. The number of carbonyl (C=O) groups excluding carboxylic acids is 2. The fourth-order valence-corrected chi connectivity index (χ4v) is 2.21. The van der Waals surface area contributed by atoms with E-state index in [9.17, 15) is 19.8 Å². The molecule has 0 spiro atoms. The lowest BCUT2D eigenvalue weighted by atomic mass is 9.90. The highest BCUT2D eigenvalue weighted by molar-refractivity contribution is 6.12. The van der Waals surface area contributed by atoms with Crippen molar-refractivity contribution in [2.24, 2.45) is 0 Å². The normalized spacial score (nSPS) is 10.3. The van der Waals surface area contributed by atoms with Crippen molar-refractivity contribution in [2.45, 2.75) is 13.8 Å². The summed E-state index contributed by atoms with van der Waals surface area (Å²) in [7, 11) is 0. The van der Waals surface area contributed by atoms with Crippen LogP contribution in [0.1, 0.15) is 34.6 Å². The Hall–Kier alpha value is -2.62. The van der Waals surface area contributed by atoms with Crippen molar-refractivity contribution >= 4 is 11.6 Å². The molecule has 2 rings (SSSR count). The minimum Gasteiger partial charge on any atom is -0.507 e. The summed E-state index contributed by atoms with van der Waals surface area (Å²) in [5.74, 6) is -0.830. The summed E-state index contributed by atoms with van der Waals surface area (Å²) < 4.78 is 0. The molecule has 0 radical (unpaired) electrons. The van der Waals surface area contributed by atoms with Crippen LogP contribution in [0.4, 0.5) is 0 Å². The third kappa shape index (κ3) is 2.28. The summed E-state index contributed by atoms with van der Waals surface area (Å²) in [6.45, 7) is 2.68. The molecule has 0 aliphatic rings. The van der Waals surface area contributed by atoms with Crippen LogP contribution in [0.25, 0.3) is 11.1 Å². The van der Waals surface area contributed by atoms with Crippen LogP contribution in [0, 0.1) is 0 Å². The summed E-state index contributed by atoms with van der Waals surface area (Å²) >= 11 is 0. The maximum Gasteiger partial charge on any atom is 0.161 e. The Morgan fingerprint density at radius 2 is 1.50 bits per heavy atom. The molecule has 0 saturated carbocycles. The van der Waals surface area contributed by atoms with Crippen LogP contribution < -0.4 is 0 Å². The maximum absolute atomic E-state index is 11.9. The first kappa shape index (κ1) is 13.8. The Bertz CT molecular complexity index is 702. The fraction of sp³-hybridized carbons (Fsp3) is 0.125. The SMILES string of the molecule is CC(=O)c1ccc(O)c(-c2ccccc2O)c1C(C)=O. The molecule has 0 bridgehead atoms. The number of carbonyl (C=O) groups is 2. The summed E-state index contributed by atoms with van der Waals surface area (Å²) in [5.41, 5.74) is 0.856. The van der Waals surface area contributed by atoms with Crippen molar-refractivity contribution in [1.82, 2.24) is 0 Å². The average molecular weight is 270 g/mol. The van der Waals surface area contributed by atoms with Crippen molar-refractivity contribution < 1.29 is 19.8 Å². The van der Waals surface area contributed by atoms with Crippen molar-refractivity contribution in [3.05, 3.63) is 47.5 Å². The lowest BCUT2D eigenvalue weighted by molar-refractivity contribution is 0.0981. The second kappa shape index (κ2) is 5.17. The number of rotatable bonds is 3. The topological polar surface area (TPSA) is 74.6 Å². The molecule has 2 aromatic rings. The lowest BCUT2D eigenvalue weighted by Gasteiger charge is -2.14. The van der Waals surface area contributed by atoms with Gasteiger partial charge in [0.05, 0.1) is 0 Å². The molecule has 2 aromatic carbocycles. The molecule has 0 amide bonds. The average Bonchev–Trinajstić information content (AvgIpc) is 2.38. The molecule has 4 nitrogen and oxygen atoms in total. The van der Waals surface area contributed by atoms with Crippen molar-refractivity contribution in [3.63, 3.8) is 0 Å². The molecule has 0 saturated heterocycles. The second-order valence-corrected chi connectivity index (χ2v) is 4.51. The quantitative estimate of drug-likeness (QED) is 0.840. The van der Waals surface area contributed by atoms with Gasteiger partial charge < -0.3 is 10.2 Å². The van der Waals surface area contributed by atoms with Crippen LogP contribution >= 0.6 is 0 Å². The zero-order chi connectivity index (χ0) is 14.9. The molecular formula is C16H14O4. The largest absolute Gasteiger partial charge is 0.507 e. The van der Waals surface area contributed by atoms with Gasteiger partial charge in [-0.2, -0.15) is 0 Å². The van der Waals surface area contributed by atoms with Crippen LogP contribution in [0.3, 0.4) is 0 Å². The van der Waals surface area contributed by atoms with Gasteiger partial charge >= 0.3 is 0 Å². The van der Waals surface area contributed by atoms with E-state index in [1.54, 1.807) is 18.2 Å². The summed E-state index contributed by atoms with van der Waals surface area (Å²) in [5, 5.41) is 20.0. The van der Waals surface area contributed by atoms with Gasteiger partial charge in [-0.05, 0) is 32.0 Å². The van der Waals surface area contributed by atoms with E-state index in [0.29, 0.717) is 5.56 Å². The van der Waals surface area contributed by atoms with Crippen LogP contribution in [-0.4, -0.2) is 21.8 Å². The first-order valence-electron chi connectivity index (χ1n) is 6.09. The van der Waals surface area contributed by atoms with E-state index in [4.69, 9.17) is 0 Å². The Kier molecular flexibility index (Phi) is 3.57. The summed E-state index contributed by atoms with van der Waals surface area (Å²) in [6.07, 6.45) is 0. The minimum atomic E-state index is -0.343. The highest BCUT2D eigenvalue weighted by Crippen LogP contribution is 2.39. The number of benzene rings is 2. The number of hydrogen-bond acceptors (Lipinski definition) is 4. The highest BCUT2D eigenvalue weighted by atomic mass is 16.3. The molecule has 0 atom stereocenters. The number of Topliss-reactive ketones (excluding diaryl/α,β-unsaturated/α-hetero) is 2. The Morgan fingerprint density at radius 3 is 2.05 bits per heavy atom. The third-order valence-electron chi connectivity index (χ3n) is 3.09. The summed E-state index contributed by atoms with van der Waals surface area (Å²) in [6, 6.07) is 9.12. The first-order chi connectivity index (χ1) is 9.43. The molecule has 0 heterocycles. The Labute approximate surface area is 116 Å². The highest BCUT2D eigenvalue weighted by Gasteiger charge is 2.21. The number of phenols is 2. The molecule has 4 heteroatoms. The van der Waals surface area contributed by atoms with E-state index in [0.717, 1.165) is 0 Å². The smallest absolute Gasteiger partial charge is 0.161 e. The molecule has 0 unspecified atom stereocenters. The zero-order valence-electron chi connectivity index (χ0n) is 11.2. The molecule has 0 aromatic heterocycles. The van der Waals surface area contributed by atoms with E-state index in [-0.39, 0.29) is 39.8 Å². The van der Waals surface area contributed by atoms with Gasteiger partial charge in [0, 0.05) is 22.3 Å². The van der Waals surface area contributed by atoms with Gasteiger partial charge in [0.25, 0.3) is 0 Å². The van der Waals surface area contributed by atoms with E-state index in [1.165, 1.54) is 32.0 Å². The third-order valence-corrected chi connectivity index (χ3v) is 3.09. The van der Waals surface area contributed by atoms with Crippen LogP contribution in [0.5, 0.6) is 11.5 Å². The fourth-order valence-electron chi connectivity index (χ4n) is 2.21.